The maximum absolute atomic E-state index is 13.0. The molecule has 4 fully saturated rings. The van der Waals surface area contributed by atoms with E-state index in [0.29, 0.717) is 12.0 Å². The lowest BCUT2D eigenvalue weighted by atomic mass is 9.78. The lowest BCUT2D eigenvalue weighted by Gasteiger charge is -2.42. The highest BCUT2D eigenvalue weighted by Gasteiger charge is 2.54. The highest BCUT2D eigenvalue weighted by atomic mass is 16.4. The van der Waals surface area contributed by atoms with Gasteiger partial charge in [0.25, 0.3) is 0 Å². The van der Waals surface area contributed by atoms with Gasteiger partial charge in [-0.25, -0.2) is 0 Å². The van der Waals surface area contributed by atoms with Crippen molar-refractivity contribution in [1.82, 2.24) is 9.80 Å². The molecule has 1 aliphatic heterocycles. The quantitative estimate of drug-likeness (QED) is 0.860. The monoisotopic (exact) mass is 334 g/mol. The number of nitrogens with zero attached hydrogens (tertiary/aromatic N) is 2. The summed E-state index contributed by atoms with van der Waals surface area (Å²) in [5.74, 6) is -0.723. The van der Waals surface area contributed by atoms with Gasteiger partial charge < -0.3 is 10.0 Å². The third kappa shape index (κ3) is 2.85. The maximum Gasteiger partial charge on any atom is 0.307 e. The van der Waals surface area contributed by atoms with Crippen LogP contribution in [0.4, 0.5) is 0 Å². The molecule has 3 saturated carbocycles. The smallest absolute Gasteiger partial charge is 0.307 e. The molecule has 1 N–H and O–H groups in total. The summed E-state index contributed by atoms with van der Waals surface area (Å²) in [6.45, 7) is 3.51. The molecule has 5 nitrogen and oxygen atoms in total. The molecule has 0 aromatic rings. The van der Waals surface area contributed by atoms with Crippen molar-refractivity contribution in [3.8, 4) is 0 Å². The van der Waals surface area contributed by atoms with E-state index < -0.39 is 11.9 Å². The van der Waals surface area contributed by atoms with Crippen LogP contribution >= 0.6 is 0 Å². The van der Waals surface area contributed by atoms with Gasteiger partial charge in [0.2, 0.25) is 5.91 Å². The van der Waals surface area contributed by atoms with Crippen molar-refractivity contribution in [1.29, 1.82) is 0 Å². The lowest BCUT2D eigenvalue weighted by Crippen LogP contribution is -2.54. The number of hydrogen-bond donors (Lipinski definition) is 1. The maximum atomic E-state index is 13.0. The zero-order valence-corrected chi connectivity index (χ0v) is 14.5. The van der Waals surface area contributed by atoms with Gasteiger partial charge in [-0.3, -0.25) is 14.5 Å². The molecule has 24 heavy (non-hydrogen) atoms. The number of carboxylic acid groups (broad SMARTS) is 1. The fraction of sp³-hybridized carbons (Fsp3) is 0.895. The number of amides is 1. The van der Waals surface area contributed by atoms with E-state index in [2.05, 4.69) is 4.90 Å². The Labute approximate surface area is 144 Å². The molecule has 1 saturated heterocycles. The molecule has 4 rings (SSSR count). The summed E-state index contributed by atoms with van der Waals surface area (Å²) in [4.78, 5) is 29.2. The molecule has 0 spiro atoms. The number of rotatable bonds is 3. The van der Waals surface area contributed by atoms with Crippen LogP contribution in [0, 0.1) is 23.7 Å². The van der Waals surface area contributed by atoms with E-state index in [9.17, 15) is 14.7 Å². The first kappa shape index (κ1) is 16.4. The highest BCUT2D eigenvalue weighted by Crippen LogP contribution is 2.53. The molecule has 2 bridgehead atoms. The molecule has 134 valence electrons. The van der Waals surface area contributed by atoms with E-state index in [1.165, 1.54) is 32.1 Å². The summed E-state index contributed by atoms with van der Waals surface area (Å²) in [6, 6.07) is 0.713. The van der Waals surface area contributed by atoms with Crippen LogP contribution in [0.15, 0.2) is 0 Å². The Morgan fingerprint density at radius 2 is 1.42 bits per heavy atom. The zero-order chi connectivity index (χ0) is 16.7. The standard InChI is InChI=1S/C19H30N2O3/c22-18(16-13-6-7-14(12-13)17(16)19(23)24)21-10-8-20(9-11-21)15-4-2-1-3-5-15/h13-17H,1-12H2,(H,23,24)/t13-,14+,16-,17+/m0/s1. The van der Waals surface area contributed by atoms with Crippen LogP contribution in [0.25, 0.3) is 0 Å². The van der Waals surface area contributed by atoms with Crippen LogP contribution in [-0.4, -0.2) is 59.0 Å². The molecule has 0 aromatic carbocycles. The van der Waals surface area contributed by atoms with Crippen molar-refractivity contribution in [2.45, 2.75) is 57.4 Å². The zero-order valence-electron chi connectivity index (χ0n) is 14.5. The van der Waals surface area contributed by atoms with Gasteiger partial charge in [-0.05, 0) is 43.9 Å². The average molecular weight is 334 g/mol. The molecular weight excluding hydrogens is 304 g/mol. The fourth-order valence-corrected chi connectivity index (χ4v) is 5.97. The van der Waals surface area contributed by atoms with Gasteiger partial charge in [0.1, 0.15) is 0 Å². The fourth-order valence-electron chi connectivity index (χ4n) is 5.97. The topological polar surface area (TPSA) is 60.9 Å². The van der Waals surface area contributed by atoms with Crippen LogP contribution in [0.3, 0.4) is 0 Å². The number of fused-ring (bicyclic) bond motifs is 2. The number of carbonyl (C=O) groups excluding carboxylic acids is 1. The molecular formula is C19H30N2O3. The van der Waals surface area contributed by atoms with Crippen molar-refractivity contribution >= 4 is 11.9 Å². The van der Waals surface area contributed by atoms with Crippen molar-refractivity contribution in [3.05, 3.63) is 0 Å². The normalized spacial score (nSPS) is 37.8. The summed E-state index contributed by atoms with van der Waals surface area (Å²) in [7, 11) is 0. The van der Waals surface area contributed by atoms with Gasteiger partial charge in [0, 0.05) is 32.2 Å². The second-order valence-electron chi connectivity index (χ2n) is 8.38. The lowest BCUT2D eigenvalue weighted by molar-refractivity contribution is -0.153. The van der Waals surface area contributed by atoms with Crippen LogP contribution in [0.2, 0.25) is 0 Å². The van der Waals surface area contributed by atoms with Crippen molar-refractivity contribution in [2.24, 2.45) is 23.7 Å². The number of piperazine rings is 1. The van der Waals surface area contributed by atoms with Crippen LogP contribution in [0.5, 0.6) is 0 Å². The molecule has 4 aliphatic rings. The minimum Gasteiger partial charge on any atom is -0.481 e. The Bertz CT molecular complexity index is 495. The van der Waals surface area contributed by atoms with E-state index in [-0.39, 0.29) is 17.7 Å². The van der Waals surface area contributed by atoms with Gasteiger partial charge in [-0.1, -0.05) is 19.3 Å². The molecule has 0 radical (unpaired) electrons. The molecule has 0 aromatic heterocycles. The van der Waals surface area contributed by atoms with Crippen LogP contribution < -0.4 is 0 Å². The van der Waals surface area contributed by atoms with Gasteiger partial charge >= 0.3 is 5.97 Å². The molecule has 4 atom stereocenters. The largest absolute Gasteiger partial charge is 0.481 e. The van der Waals surface area contributed by atoms with E-state index in [1.54, 1.807) is 0 Å². The Kier molecular flexibility index (Phi) is 4.54. The second kappa shape index (κ2) is 6.66. The Balaban J connectivity index is 1.37. The van der Waals surface area contributed by atoms with E-state index in [4.69, 9.17) is 0 Å². The summed E-state index contributed by atoms with van der Waals surface area (Å²) in [6.07, 6.45) is 9.67. The number of carbonyl (C=O) groups is 2. The molecule has 1 amide bonds. The SMILES string of the molecule is O=C(O)[C@@H]1[C@@H]2CC[C@@H](C2)[C@@H]1C(=O)N1CCN(C2CCCCC2)CC1. The number of carboxylic acids is 1. The third-order valence-corrected chi connectivity index (χ3v) is 7.20. The van der Waals surface area contributed by atoms with Crippen molar-refractivity contribution < 1.29 is 14.7 Å². The predicted molar refractivity (Wildman–Crippen MR) is 90.5 cm³/mol. The van der Waals surface area contributed by atoms with E-state index in [0.717, 1.165) is 45.4 Å². The summed E-state index contributed by atoms with van der Waals surface area (Å²) in [5.41, 5.74) is 0. The third-order valence-electron chi connectivity index (χ3n) is 7.20. The van der Waals surface area contributed by atoms with Gasteiger partial charge in [-0.15, -0.1) is 0 Å². The van der Waals surface area contributed by atoms with Crippen LogP contribution in [-0.2, 0) is 9.59 Å². The van der Waals surface area contributed by atoms with Gasteiger partial charge in [0.15, 0.2) is 0 Å². The first-order valence-corrected chi connectivity index (χ1v) is 9.91. The van der Waals surface area contributed by atoms with Crippen molar-refractivity contribution in [2.75, 3.05) is 26.2 Å². The Hall–Kier alpha value is -1.10. The summed E-state index contributed by atoms with van der Waals surface area (Å²) in [5, 5.41) is 9.59. The molecule has 0 unspecified atom stereocenters. The van der Waals surface area contributed by atoms with E-state index in [1.807, 2.05) is 4.90 Å². The Morgan fingerprint density at radius 1 is 0.792 bits per heavy atom. The second-order valence-corrected chi connectivity index (χ2v) is 8.38. The summed E-state index contributed by atoms with van der Waals surface area (Å²) < 4.78 is 0. The first-order chi connectivity index (χ1) is 11.6. The molecule has 5 heteroatoms. The molecule has 1 heterocycles. The van der Waals surface area contributed by atoms with Crippen LogP contribution in [0.1, 0.15) is 51.4 Å². The van der Waals surface area contributed by atoms with Gasteiger partial charge in [-0.2, -0.15) is 0 Å². The minimum atomic E-state index is -0.749. The Morgan fingerprint density at radius 3 is 2.04 bits per heavy atom. The average Bonchev–Trinajstić information content (AvgIpc) is 3.23. The van der Waals surface area contributed by atoms with Gasteiger partial charge in [0.05, 0.1) is 11.8 Å². The predicted octanol–water partition coefficient (Wildman–Crippen LogP) is 2.21. The molecule has 3 aliphatic carbocycles. The van der Waals surface area contributed by atoms with E-state index >= 15 is 0 Å². The number of hydrogen-bond acceptors (Lipinski definition) is 3. The highest BCUT2D eigenvalue weighted by molar-refractivity contribution is 5.86. The first-order valence-electron chi connectivity index (χ1n) is 9.91. The van der Waals surface area contributed by atoms with Crippen molar-refractivity contribution in [3.63, 3.8) is 0 Å². The summed E-state index contributed by atoms with van der Waals surface area (Å²) >= 11 is 0. The minimum absolute atomic E-state index is 0.137. The number of aliphatic carboxylic acids is 1.